The van der Waals surface area contributed by atoms with Gasteiger partial charge in [-0.2, -0.15) is 0 Å². The molecular weight excluding hydrogens is 236 g/mol. The standard InChI is InChI=1S/C16H24N2O/c1-3-13-4-5-15-14(10-13)16(12(2)11-17-15)18-6-8-19-9-7-18/h4-5,10,12,16-17H,3,6-9,11H2,1-2H3. The van der Waals surface area contributed by atoms with Crippen LogP contribution in [0.25, 0.3) is 0 Å². The molecule has 0 radical (unpaired) electrons. The Morgan fingerprint density at radius 2 is 2.11 bits per heavy atom. The average Bonchev–Trinajstić information content (AvgIpc) is 2.47. The van der Waals surface area contributed by atoms with Gasteiger partial charge in [0.15, 0.2) is 0 Å². The van der Waals surface area contributed by atoms with Gasteiger partial charge in [0.25, 0.3) is 0 Å². The molecule has 0 amide bonds. The number of ether oxygens (including phenoxy) is 1. The van der Waals surface area contributed by atoms with Crippen LogP contribution in [0.3, 0.4) is 0 Å². The van der Waals surface area contributed by atoms with Crippen molar-refractivity contribution in [1.82, 2.24) is 4.90 Å². The van der Waals surface area contributed by atoms with Gasteiger partial charge in [-0.05, 0) is 29.5 Å². The zero-order chi connectivity index (χ0) is 13.2. The van der Waals surface area contributed by atoms with E-state index in [0.29, 0.717) is 12.0 Å². The van der Waals surface area contributed by atoms with Crippen LogP contribution < -0.4 is 5.32 Å². The van der Waals surface area contributed by atoms with Crippen molar-refractivity contribution in [2.75, 3.05) is 38.2 Å². The fourth-order valence-corrected chi connectivity index (χ4v) is 3.34. The second kappa shape index (κ2) is 5.51. The minimum absolute atomic E-state index is 0.548. The molecule has 0 bridgehead atoms. The molecule has 104 valence electrons. The van der Waals surface area contributed by atoms with Gasteiger partial charge in [0.05, 0.1) is 13.2 Å². The maximum atomic E-state index is 5.50. The lowest BCUT2D eigenvalue weighted by molar-refractivity contribution is 0.00418. The van der Waals surface area contributed by atoms with Crippen LogP contribution in [-0.4, -0.2) is 37.7 Å². The van der Waals surface area contributed by atoms with E-state index in [-0.39, 0.29) is 0 Å². The van der Waals surface area contributed by atoms with Gasteiger partial charge in [0.2, 0.25) is 0 Å². The predicted octanol–water partition coefficient (Wildman–Crippen LogP) is 2.68. The summed E-state index contributed by atoms with van der Waals surface area (Å²) in [7, 11) is 0. The molecule has 1 fully saturated rings. The fraction of sp³-hybridized carbons (Fsp3) is 0.625. The molecule has 2 aliphatic rings. The molecule has 0 aliphatic carbocycles. The van der Waals surface area contributed by atoms with Gasteiger partial charge in [-0.25, -0.2) is 0 Å². The highest BCUT2D eigenvalue weighted by molar-refractivity contribution is 5.56. The molecule has 3 nitrogen and oxygen atoms in total. The van der Waals surface area contributed by atoms with Gasteiger partial charge >= 0.3 is 0 Å². The Kier molecular flexibility index (Phi) is 3.76. The van der Waals surface area contributed by atoms with Crippen molar-refractivity contribution in [1.29, 1.82) is 0 Å². The maximum absolute atomic E-state index is 5.50. The number of rotatable bonds is 2. The average molecular weight is 260 g/mol. The topological polar surface area (TPSA) is 24.5 Å². The number of aryl methyl sites for hydroxylation is 1. The molecule has 19 heavy (non-hydrogen) atoms. The second-order valence-electron chi connectivity index (χ2n) is 5.73. The Hall–Kier alpha value is -1.06. The first-order valence-electron chi connectivity index (χ1n) is 7.48. The Balaban J connectivity index is 1.94. The molecule has 2 aliphatic heterocycles. The van der Waals surface area contributed by atoms with E-state index in [4.69, 9.17) is 4.74 Å². The molecule has 1 saturated heterocycles. The molecule has 1 aromatic rings. The smallest absolute Gasteiger partial charge is 0.0594 e. The van der Waals surface area contributed by atoms with E-state index in [1.807, 2.05) is 0 Å². The number of nitrogens with one attached hydrogen (secondary N) is 1. The summed E-state index contributed by atoms with van der Waals surface area (Å²) in [6, 6.07) is 7.45. The molecule has 1 aromatic carbocycles. The predicted molar refractivity (Wildman–Crippen MR) is 78.6 cm³/mol. The summed E-state index contributed by atoms with van der Waals surface area (Å²) in [6.45, 7) is 9.52. The second-order valence-corrected chi connectivity index (χ2v) is 5.73. The summed E-state index contributed by atoms with van der Waals surface area (Å²) >= 11 is 0. The highest BCUT2D eigenvalue weighted by atomic mass is 16.5. The van der Waals surface area contributed by atoms with Crippen LogP contribution in [0.4, 0.5) is 5.69 Å². The van der Waals surface area contributed by atoms with Crippen molar-refractivity contribution in [2.45, 2.75) is 26.3 Å². The van der Waals surface area contributed by atoms with Crippen molar-refractivity contribution in [3.8, 4) is 0 Å². The monoisotopic (exact) mass is 260 g/mol. The number of benzene rings is 1. The van der Waals surface area contributed by atoms with E-state index in [1.54, 1.807) is 0 Å². The van der Waals surface area contributed by atoms with Gasteiger partial charge in [-0.3, -0.25) is 4.90 Å². The SMILES string of the molecule is CCc1ccc2c(c1)C(N1CCOCC1)C(C)CN2. The van der Waals surface area contributed by atoms with Crippen LogP contribution in [0.2, 0.25) is 0 Å². The van der Waals surface area contributed by atoms with Gasteiger partial charge in [-0.1, -0.05) is 26.0 Å². The van der Waals surface area contributed by atoms with Crippen LogP contribution >= 0.6 is 0 Å². The highest BCUT2D eigenvalue weighted by Crippen LogP contribution is 2.38. The fourth-order valence-electron chi connectivity index (χ4n) is 3.34. The van der Waals surface area contributed by atoms with Crippen molar-refractivity contribution >= 4 is 5.69 Å². The summed E-state index contributed by atoms with van der Waals surface area (Å²) in [6.07, 6.45) is 1.11. The lowest BCUT2D eigenvalue weighted by Crippen LogP contribution is -2.44. The number of morpholine rings is 1. The molecule has 1 N–H and O–H groups in total. The van der Waals surface area contributed by atoms with Crippen molar-refractivity contribution < 1.29 is 4.74 Å². The zero-order valence-corrected chi connectivity index (χ0v) is 12.0. The maximum Gasteiger partial charge on any atom is 0.0594 e. The molecule has 0 aromatic heterocycles. The summed E-state index contributed by atoms with van der Waals surface area (Å²) in [5.74, 6) is 0.651. The van der Waals surface area contributed by atoms with Crippen LogP contribution in [0.1, 0.15) is 31.0 Å². The van der Waals surface area contributed by atoms with Crippen LogP contribution in [0.5, 0.6) is 0 Å². The lowest BCUT2D eigenvalue weighted by atomic mass is 9.87. The Labute approximate surface area is 115 Å². The Morgan fingerprint density at radius 3 is 2.84 bits per heavy atom. The van der Waals surface area contributed by atoms with E-state index in [1.165, 1.54) is 16.8 Å². The van der Waals surface area contributed by atoms with Crippen molar-refractivity contribution in [3.05, 3.63) is 29.3 Å². The number of nitrogens with zero attached hydrogens (tertiary/aromatic N) is 1. The van der Waals surface area contributed by atoms with Crippen LogP contribution in [0.15, 0.2) is 18.2 Å². The van der Waals surface area contributed by atoms with Gasteiger partial charge < -0.3 is 10.1 Å². The van der Waals surface area contributed by atoms with Gasteiger partial charge in [0.1, 0.15) is 0 Å². The summed E-state index contributed by atoms with van der Waals surface area (Å²) in [5.41, 5.74) is 4.25. The van der Waals surface area contributed by atoms with Crippen molar-refractivity contribution in [3.63, 3.8) is 0 Å². The lowest BCUT2D eigenvalue weighted by Gasteiger charge is -2.42. The molecule has 3 rings (SSSR count). The Bertz CT molecular complexity index is 440. The first-order chi connectivity index (χ1) is 9.29. The largest absolute Gasteiger partial charge is 0.384 e. The molecule has 2 atom stereocenters. The minimum atomic E-state index is 0.548. The summed E-state index contributed by atoms with van der Waals surface area (Å²) in [4.78, 5) is 2.60. The minimum Gasteiger partial charge on any atom is -0.384 e. The van der Waals surface area contributed by atoms with E-state index in [0.717, 1.165) is 39.3 Å². The van der Waals surface area contributed by atoms with Crippen LogP contribution in [-0.2, 0) is 11.2 Å². The third-order valence-corrected chi connectivity index (χ3v) is 4.44. The van der Waals surface area contributed by atoms with E-state index in [9.17, 15) is 0 Å². The number of hydrogen-bond donors (Lipinski definition) is 1. The van der Waals surface area contributed by atoms with Crippen LogP contribution in [0, 0.1) is 5.92 Å². The summed E-state index contributed by atoms with van der Waals surface area (Å²) < 4.78 is 5.50. The third kappa shape index (κ3) is 2.49. The molecular formula is C16H24N2O. The third-order valence-electron chi connectivity index (χ3n) is 4.44. The molecule has 0 saturated carbocycles. The molecule has 3 heteroatoms. The number of hydrogen-bond acceptors (Lipinski definition) is 3. The molecule has 0 spiro atoms. The van der Waals surface area contributed by atoms with E-state index >= 15 is 0 Å². The quantitative estimate of drug-likeness (QED) is 0.885. The molecule has 2 unspecified atom stereocenters. The molecule has 2 heterocycles. The summed E-state index contributed by atoms with van der Waals surface area (Å²) in [5, 5.41) is 3.57. The first-order valence-corrected chi connectivity index (χ1v) is 7.48. The van der Waals surface area contributed by atoms with E-state index < -0.39 is 0 Å². The Morgan fingerprint density at radius 1 is 1.32 bits per heavy atom. The van der Waals surface area contributed by atoms with E-state index in [2.05, 4.69) is 42.3 Å². The number of anilines is 1. The zero-order valence-electron chi connectivity index (χ0n) is 12.0. The van der Waals surface area contributed by atoms with Gasteiger partial charge in [-0.15, -0.1) is 0 Å². The number of fused-ring (bicyclic) bond motifs is 1. The normalized spacial score (nSPS) is 27.7. The first kappa shape index (κ1) is 12.9. The van der Waals surface area contributed by atoms with Gasteiger partial charge in [0, 0.05) is 31.4 Å². The van der Waals surface area contributed by atoms with Crippen molar-refractivity contribution in [2.24, 2.45) is 5.92 Å². The highest BCUT2D eigenvalue weighted by Gasteiger charge is 2.32.